The largest absolute Gasteiger partial charge is 0.392 e. The van der Waals surface area contributed by atoms with E-state index in [1.807, 2.05) is 50.5 Å². The van der Waals surface area contributed by atoms with Crippen LogP contribution in [-0.2, 0) is 16.1 Å². The van der Waals surface area contributed by atoms with Crippen LogP contribution in [-0.4, -0.2) is 51.5 Å². The molecule has 0 radical (unpaired) electrons. The maximum absolute atomic E-state index is 13.0. The van der Waals surface area contributed by atoms with E-state index in [4.69, 9.17) is 5.73 Å². The quantitative estimate of drug-likeness (QED) is 0.661. The molecule has 156 valence electrons. The van der Waals surface area contributed by atoms with E-state index >= 15 is 0 Å². The van der Waals surface area contributed by atoms with Gasteiger partial charge in [0.2, 0.25) is 11.8 Å². The van der Waals surface area contributed by atoms with E-state index in [0.717, 1.165) is 21.7 Å². The first-order valence-corrected chi connectivity index (χ1v) is 10.7. The number of carbonyl (C=O) groups excluding carboxylic acids is 2. The van der Waals surface area contributed by atoms with Gasteiger partial charge in [-0.25, -0.2) is 4.98 Å². The number of nitrogens with two attached hydrogens (primary N) is 1. The van der Waals surface area contributed by atoms with E-state index in [1.165, 1.54) is 4.90 Å². The Morgan fingerprint density at radius 1 is 1.34 bits per heavy atom. The molecule has 0 aliphatic carbocycles. The topological polar surface area (TPSA) is 109 Å². The van der Waals surface area contributed by atoms with Gasteiger partial charge in [0.05, 0.1) is 40.8 Å². The highest BCUT2D eigenvalue weighted by Crippen LogP contribution is 2.27. The van der Waals surface area contributed by atoms with Crippen molar-refractivity contribution in [3.05, 3.63) is 41.0 Å². The highest BCUT2D eigenvalue weighted by molar-refractivity contribution is 7.13. The fourth-order valence-corrected chi connectivity index (χ4v) is 4.16. The van der Waals surface area contributed by atoms with Crippen molar-refractivity contribution < 1.29 is 14.7 Å². The summed E-state index contributed by atoms with van der Waals surface area (Å²) in [5.74, 6) is -0.822. The van der Waals surface area contributed by atoms with Crippen LogP contribution in [0.15, 0.2) is 29.8 Å². The lowest BCUT2D eigenvalue weighted by atomic mass is 10.0. The van der Waals surface area contributed by atoms with E-state index in [2.05, 4.69) is 10.3 Å². The van der Waals surface area contributed by atoms with Crippen molar-refractivity contribution in [2.75, 3.05) is 6.54 Å². The number of aryl methyl sites for hydroxylation is 1. The highest BCUT2D eigenvalue weighted by atomic mass is 32.1. The number of benzene rings is 1. The number of carbonyl (C=O) groups is 2. The summed E-state index contributed by atoms with van der Waals surface area (Å²) >= 11 is 1.58. The standard InChI is InChI=1S/C21H28N4O3S/c1-12(2)18(22)21(28)25(20(27)17-8-16(26)9-23-17)10-14-4-6-15(7-5-14)19-13(3)24-11-29-19/h4-7,11-12,16-18,23,26H,8-10,22H2,1-3H3/t16?,17?,18-/m0/s1. The lowest BCUT2D eigenvalue weighted by Crippen LogP contribution is -2.53. The van der Waals surface area contributed by atoms with Crippen LogP contribution in [0.4, 0.5) is 0 Å². The Hall–Kier alpha value is -2.13. The molecule has 1 saturated heterocycles. The summed E-state index contributed by atoms with van der Waals surface area (Å²) in [5, 5.41) is 12.7. The highest BCUT2D eigenvalue weighted by Gasteiger charge is 2.36. The number of rotatable bonds is 6. The normalized spacial score (nSPS) is 20.1. The number of aromatic nitrogens is 1. The molecule has 0 saturated carbocycles. The van der Waals surface area contributed by atoms with Gasteiger partial charge in [-0.1, -0.05) is 38.1 Å². The van der Waals surface area contributed by atoms with Crippen LogP contribution in [0, 0.1) is 12.8 Å². The number of hydrogen-bond donors (Lipinski definition) is 3. The summed E-state index contributed by atoms with van der Waals surface area (Å²) in [4.78, 5) is 32.6. The number of nitrogens with one attached hydrogen (secondary N) is 1. The average molecular weight is 417 g/mol. The van der Waals surface area contributed by atoms with Gasteiger partial charge in [-0.05, 0) is 30.4 Å². The molecule has 2 aromatic rings. The summed E-state index contributed by atoms with van der Waals surface area (Å²) in [5.41, 5.74) is 10.7. The van der Waals surface area contributed by atoms with Crippen molar-refractivity contribution in [2.24, 2.45) is 11.7 Å². The molecule has 1 aliphatic heterocycles. The molecular weight excluding hydrogens is 388 g/mol. The number of aliphatic hydroxyl groups is 1. The van der Waals surface area contributed by atoms with E-state index in [1.54, 1.807) is 11.3 Å². The van der Waals surface area contributed by atoms with Gasteiger partial charge < -0.3 is 16.2 Å². The summed E-state index contributed by atoms with van der Waals surface area (Å²) < 4.78 is 0. The zero-order chi connectivity index (χ0) is 21.1. The van der Waals surface area contributed by atoms with Gasteiger partial charge >= 0.3 is 0 Å². The SMILES string of the molecule is Cc1ncsc1-c1ccc(CN(C(=O)C2CC(O)CN2)C(=O)[C@@H](N)C(C)C)cc1. The molecule has 2 heterocycles. The number of imide groups is 1. The number of β-amino-alcohol motifs (C(OH)–C–C–N with tert-alkyl or cyclic N) is 1. The first-order chi connectivity index (χ1) is 13.8. The molecule has 1 fully saturated rings. The second-order valence-electron chi connectivity index (χ2n) is 7.85. The monoisotopic (exact) mass is 416 g/mol. The zero-order valence-corrected chi connectivity index (χ0v) is 17.8. The minimum absolute atomic E-state index is 0.0865. The molecule has 7 nitrogen and oxygen atoms in total. The third-order valence-corrected chi connectivity index (χ3v) is 6.22. The molecule has 29 heavy (non-hydrogen) atoms. The number of thiazole rings is 1. The first kappa shape index (κ1) is 21.6. The first-order valence-electron chi connectivity index (χ1n) is 9.79. The molecule has 8 heteroatoms. The van der Waals surface area contributed by atoms with E-state index < -0.39 is 24.1 Å². The Labute approximate surface area is 174 Å². The second-order valence-corrected chi connectivity index (χ2v) is 8.70. The minimum Gasteiger partial charge on any atom is -0.392 e. The van der Waals surface area contributed by atoms with Gasteiger partial charge in [-0.15, -0.1) is 11.3 Å². The van der Waals surface area contributed by atoms with Gasteiger partial charge in [0.25, 0.3) is 0 Å². The molecular formula is C21H28N4O3S. The van der Waals surface area contributed by atoms with Crippen LogP contribution < -0.4 is 11.1 Å². The smallest absolute Gasteiger partial charge is 0.246 e. The fourth-order valence-electron chi connectivity index (χ4n) is 3.35. The molecule has 2 unspecified atom stereocenters. The maximum Gasteiger partial charge on any atom is 0.246 e. The molecule has 0 spiro atoms. The van der Waals surface area contributed by atoms with Crippen LogP contribution >= 0.6 is 11.3 Å². The molecule has 1 aromatic carbocycles. The second kappa shape index (κ2) is 9.13. The fraction of sp³-hybridized carbons (Fsp3) is 0.476. The van der Waals surface area contributed by atoms with Crippen molar-refractivity contribution in [3.63, 3.8) is 0 Å². The molecule has 4 N–H and O–H groups in total. The third-order valence-electron chi connectivity index (χ3n) is 5.24. The minimum atomic E-state index is -0.760. The van der Waals surface area contributed by atoms with Gasteiger partial charge in [0, 0.05) is 6.54 Å². The molecule has 3 rings (SSSR count). The average Bonchev–Trinajstić information content (AvgIpc) is 3.33. The molecule has 1 aromatic heterocycles. The Bertz CT molecular complexity index is 865. The lowest BCUT2D eigenvalue weighted by Gasteiger charge is -2.28. The van der Waals surface area contributed by atoms with Crippen LogP contribution in [0.25, 0.3) is 10.4 Å². The number of amides is 2. The van der Waals surface area contributed by atoms with E-state index in [0.29, 0.717) is 13.0 Å². The third kappa shape index (κ3) is 4.90. The lowest BCUT2D eigenvalue weighted by molar-refractivity contribution is -0.148. The maximum atomic E-state index is 13.0. The van der Waals surface area contributed by atoms with Crippen molar-refractivity contribution in [1.29, 1.82) is 0 Å². The number of nitrogens with zero attached hydrogens (tertiary/aromatic N) is 2. The summed E-state index contributed by atoms with van der Waals surface area (Å²) in [6, 6.07) is 6.45. The van der Waals surface area contributed by atoms with Crippen molar-refractivity contribution in [1.82, 2.24) is 15.2 Å². The molecule has 2 amide bonds. The van der Waals surface area contributed by atoms with Gasteiger partial charge in [0.1, 0.15) is 0 Å². The van der Waals surface area contributed by atoms with Gasteiger partial charge in [0.15, 0.2) is 0 Å². The predicted octanol–water partition coefficient (Wildman–Crippen LogP) is 1.68. The summed E-state index contributed by atoms with van der Waals surface area (Å²) in [7, 11) is 0. The zero-order valence-electron chi connectivity index (χ0n) is 17.0. The summed E-state index contributed by atoms with van der Waals surface area (Å²) in [6.07, 6.45) is -0.287. The molecule has 1 aliphatic rings. The van der Waals surface area contributed by atoms with Crippen LogP contribution in [0.2, 0.25) is 0 Å². The van der Waals surface area contributed by atoms with E-state index in [9.17, 15) is 14.7 Å². The Balaban J connectivity index is 1.81. The Morgan fingerprint density at radius 3 is 2.55 bits per heavy atom. The van der Waals surface area contributed by atoms with Crippen molar-refractivity contribution in [3.8, 4) is 10.4 Å². The number of aliphatic hydroxyl groups excluding tert-OH is 1. The van der Waals surface area contributed by atoms with Gasteiger partial charge in [-0.3, -0.25) is 14.5 Å². The van der Waals surface area contributed by atoms with Gasteiger partial charge in [-0.2, -0.15) is 0 Å². The van der Waals surface area contributed by atoms with Crippen LogP contribution in [0.5, 0.6) is 0 Å². The Morgan fingerprint density at radius 2 is 2.03 bits per heavy atom. The Kier molecular flexibility index (Phi) is 6.79. The van der Waals surface area contributed by atoms with E-state index in [-0.39, 0.29) is 18.4 Å². The van der Waals surface area contributed by atoms with Crippen LogP contribution in [0.3, 0.4) is 0 Å². The predicted molar refractivity (Wildman–Crippen MR) is 113 cm³/mol. The van der Waals surface area contributed by atoms with Crippen LogP contribution in [0.1, 0.15) is 31.5 Å². The van der Waals surface area contributed by atoms with Crippen molar-refractivity contribution >= 4 is 23.2 Å². The number of hydrogen-bond acceptors (Lipinski definition) is 7. The molecule has 3 atom stereocenters. The molecule has 0 bridgehead atoms. The van der Waals surface area contributed by atoms with Crippen molar-refractivity contribution in [2.45, 2.75) is 51.9 Å². The summed E-state index contributed by atoms with van der Waals surface area (Å²) in [6.45, 7) is 6.17.